The minimum Gasteiger partial charge on any atom is -0.477 e. The molecule has 1 fully saturated rings. The van der Waals surface area contributed by atoms with Crippen molar-refractivity contribution in [1.82, 2.24) is 20.3 Å². The van der Waals surface area contributed by atoms with E-state index < -0.39 is 12.0 Å². The molecule has 3 rings (SSSR count). The van der Waals surface area contributed by atoms with Gasteiger partial charge < -0.3 is 10.8 Å². The smallest absolute Gasteiger partial charge is 0.352 e. The van der Waals surface area contributed by atoms with Gasteiger partial charge in [-0.15, -0.1) is 28.6 Å². The van der Waals surface area contributed by atoms with E-state index in [0.29, 0.717) is 5.75 Å². The second-order valence-corrected chi connectivity index (χ2v) is 6.71. The number of rotatable bonds is 4. The normalized spacial score (nSPS) is 28.6. The fourth-order valence-electron chi connectivity index (χ4n) is 2.05. The minimum atomic E-state index is -1.10. The lowest BCUT2D eigenvalue weighted by Gasteiger charge is -2.48. The summed E-state index contributed by atoms with van der Waals surface area (Å²) in [7, 11) is 0. The monoisotopic (exact) mass is 313 g/mol. The SMILES string of the molecule is NC1C(=O)N2C(C(=O)O)=CC(CSc3cnn[nH]3)S[C@@H]12. The van der Waals surface area contributed by atoms with E-state index in [0.717, 1.165) is 5.03 Å². The third-order valence-corrected chi connectivity index (χ3v) is 5.70. The van der Waals surface area contributed by atoms with Crippen LogP contribution in [0.3, 0.4) is 0 Å². The van der Waals surface area contributed by atoms with Gasteiger partial charge >= 0.3 is 5.97 Å². The number of carboxylic acids is 1. The Morgan fingerprint density at radius 2 is 2.45 bits per heavy atom. The number of β-lactam (4-membered cyclic amide) rings is 1. The number of aromatic amines is 1. The highest BCUT2D eigenvalue weighted by atomic mass is 32.2. The third kappa shape index (κ3) is 2.19. The zero-order chi connectivity index (χ0) is 14.3. The molecular formula is C10H11N5O3S2. The van der Waals surface area contributed by atoms with Gasteiger partial charge in [-0.25, -0.2) is 4.79 Å². The topological polar surface area (TPSA) is 125 Å². The number of carbonyl (C=O) groups is 2. The van der Waals surface area contributed by atoms with E-state index in [2.05, 4.69) is 15.4 Å². The molecule has 2 aliphatic rings. The number of hydrogen-bond acceptors (Lipinski definition) is 7. The van der Waals surface area contributed by atoms with Crippen molar-refractivity contribution in [2.24, 2.45) is 5.73 Å². The third-order valence-electron chi connectivity index (χ3n) is 3.02. The van der Waals surface area contributed by atoms with Crippen molar-refractivity contribution >= 4 is 35.4 Å². The van der Waals surface area contributed by atoms with Gasteiger partial charge in [-0.2, -0.15) is 0 Å². The quantitative estimate of drug-likeness (QED) is 0.501. The number of nitrogens with zero attached hydrogens (tertiary/aromatic N) is 3. The maximum Gasteiger partial charge on any atom is 0.352 e. The van der Waals surface area contributed by atoms with Gasteiger partial charge in [-0.1, -0.05) is 5.21 Å². The number of carboxylic acid groups (broad SMARTS) is 1. The number of amides is 1. The number of fused-ring (bicyclic) bond motifs is 1. The number of nitrogens with two attached hydrogens (primary N) is 1. The average molecular weight is 313 g/mol. The van der Waals surface area contributed by atoms with Crippen LogP contribution in [-0.2, 0) is 9.59 Å². The number of aromatic nitrogens is 3. The van der Waals surface area contributed by atoms with E-state index in [1.165, 1.54) is 28.4 Å². The first-order valence-corrected chi connectivity index (χ1v) is 7.69. The zero-order valence-electron chi connectivity index (χ0n) is 10.1. The summed E-state index contributed by atoms with van der Waals surface area (Å²) in [5.74, 6) is -0.787. The molecule has 8 nitrogen and oxygen atoms in total. The molecule has 1 aromatic heterocycles. The van der Waals surface area contributed by atoms with E-state index in [1.807, 2.05) is 0 Å². The summed E-state index contributed by atoms with van der Waals surface area (Å²) >= 11 is 2.99. The summed E-state index contributed by atoms with van der Waals surface area (Å²) in [6, 6.07) is -0.621. The largest absolute Gasteiger partial charge is 0.477 e. The van der Waals surface area contributed by atoms with Gasteiger partial charge in [0, 0.05) is 11.0 Å². The molecule has 0 aliphatic carbocycles. The first kappa shape index (κ1) is 13.5. The van der Waals surface area contributed by atoms with E-state index in [9.17, 15) is 14.7 Å². The number of aliphatic carboxylic acids is 1. The molecule has 2 aliphatic heterocycles. The fourth-order valence-corrected chi connectivity index (χ4v) is 4.43. The Bertz CT molecular complexity index is 575. The van der Waals surface area contributed by atoms with Gasteiger partial charge in [-0.3, -0.25) is 14.8 Å². The Kier molecular flexibility index (Phi) is 3.44. The van der Waals surface area contributed by atoms with Crippen LogP contribution in [-0.4, -0.2) is 59.7 Å². The average Bonchev–Trinajstić information content (AvgIpc) is 2.96. The van der Waals surface area contributed by atoms with Gasteiger partial charge in [0.25, 0.3) is 0 Å². The molecule has 4 N–H and O–H groups in total. The van der Waals surface area contributed by atoms with Crippen LogP contribution in [0.1, 0.15) is 0 Å². The van der Waals surface area contributed by atoms with Crippen LogP contribution in [0.4, 0.5) is 0 Å². The highest BCUT2D eigenvalue weighted by Crippen LogP contribution is 2.41. The van der Waals surface area contributed by atoms with Crippen molar-refractivity contribution < 1.29 is 14.7 Å². The van der Waals surface area contributed by atoms with Crippen molar-refractivity contribution in [3.63, 3.8) is 0 Å². The van der Waals surface area contributed by atoms with Crippen molar-refractivity contribution in [3.8, 4) is 0 Å². The van der Waals surface area contributed by atoms with Crippen LogP contribution in [0.2, 0.25) is 0 Å². The Balaban J connectivity index is 1.74. The molecule has 20 heavy (non-hydrogen) atoms. The molecule has 0 saturated carbocycles. The van der Waals surface area contributed by atoms with E-state index in [4.69, 9.17) is 5.73 Å². The molecule has 1 amide bonds. The molecule has 1 aromatic rings. The molecule has 106 valence electrons. The van der Waals surface area contributed by atoms with E-state index in [1.54, 1.807) is 12.3 Å². The molecule has 0 aromatic carbocycles. The summed E-state index contributed by atoms with van der Waals surface area (Å²) in [6.45, 7) is 0. The first-order chi connectivity index (χ1) is 9.58. The maximum absolute atomic E-state index is 11.6. The lowest BCUT2D eigenvalue weighted by molar-refractivity contribution is -0.147. The molecule has 1 saturated heterocycles. The summed E-state index contributed by atoms with van der Waals surface area (Å²) in [4.78, 5) is 24.1. The molecule has 2 unspecified atom stereocenters. The Hall–Kier alpha value is -1.52. The molecule has 3 atom stereocenters. The highest BCUT2D eigenvalue weighted by Gasteiger charge is 2.51. The van der Waals surface area contributed by atoms with Gasteiger partial charge in [0.05, 0.1) is 6.20 Å². The van der Waals surface area contributed by atoms with Crippen LogP contribution < -0.4 is 5.73 Å². The van der Waals surface area contributed by atoms with Gasteiger partial charge in [-0.05, 0) is 6.08 Å². The Morgan fingerprint density at radius 3 is 3.10 bits per heavy atom. The fraction of sp³-hybridized carbons (Fsp3) is 0.400. The number of thioether (sulfide) groups is 2. The van der Waals surface area contributed by atoms with Gasteiger partial charge in [0.15, 0.2) is 0 Å². The molecule has 0 spiro atoms. The molecule has 3 heterocycles. The lowest BCUT2D eigenvalue weighted by atomic mass is 10.1. The summed E-state index contributed by atoms with van der Waals surface area (Å²) in [6.07, 6.45) is 3.20. The second-order valence-electron chi connectivity index (χ2n) is 4.29. The number of H-pyrrole nitrogens is 1. The predicted octanol–water partition coefficient (Wildman–Crippen LogP) is -0.524. The van der Waals surface area contributed by atoms with E-state index >= 15 is 0 Å². The Labute approximate surface area is 122 Å². The van der Waals surface area contributed by atoms with Crippen LogP contribution >= 0.6 is 23.5 Å². The van der Waals surface area contributed by atoms with Gasteiger partial charge in [0.2, 0.25) is 5.91 Å². The van der Waals surface area contributed by atoms with Gasteiger partial charge in [0.1, 0.15) is 22.1 Å². The standard InChI is InChI=1S/C10H11N5O3S2/c11-7-8(16)15-5(10(17)18)1-4(20-9(7)15)3-19-6-2-12-14-13-6/h1-2,4,7,9H,3,11H2,(H,17,18)(H,12,13,14)/t4?,7?,9-/m0/s1. The van der Waals surface area contributed by atoms with Crippen molar-refractivity contribution in [3.05, 3.63) is 18.0 Å². The lowest BCUT2D eigenvalue weighted by Crippen LogP contribution is -2.68. The number of hydrogen-bond donors (Lipinski definition) is 3. The van der Waals surface area contributed by atoms with E-state index in [-0.39, 0.29) is 22.2 Å². The van der Waals surface area contributed by atoms with Crippen molar-refractivity contribution in [2.75, 3.05) is 5.75 Å². The van der Waals surface area contributed by atoms with Crippen LogP contribution in [0.5, 0.6) is 0 Å². The molecule has 0 radical (unpaired) electrons. The minimum absolute atomic E-state index is 0.0220. The van der Waals surface area contributed by atoms with Crippen LogP contribution in [0.25, 0.3) is 0 Å². The second kappa shape index (κ2) is 5.11. The highest BCUT2D eigenvalue weighted by molar-refractivity contribution is 8.03. The molecule has 0 bridgehead atoms. The van der Waals surface area contributed by atoms with Crippen LogP contribution in [0, 0.1) is 0 Å². The first-order valence-electron chi connectivity index (χ1n) is 5.76. The maximum atomic E-state index is 11.6. The Morgan fingerprint density at radius 1 is 1.65 bits per heavy atom. The van der Waals surface area contributed by atoms with Crippen LogP contribution in [0.15, 0.2) is 23.0 Å². The number of nitrogens with one attached hydrogen (secondary N) is 1. The number of carbonyl (C=O) groups excluding carboxylic acids is 1. The summed E-state index contributed by atoms with van der Waals surface area (Å²) < 4.78 is 0. The summed E-state index contributed by atoms with van der Waals surface area (Å²) in [5.41, 5.74) is 5.75. The summed E-state index contributed by atoms with van der Waals surface area (Å²) in [5, 5.41) is 19.7. The zero-order valence-corrected chi connectivity index (χ0v) is 11.7. The molecule has 10 heteroatoms. The predicted molar refractivity (Wildman–Crippen MR) is 72.8 cm³/mol. The van der Waals surface area contributed by atoms with Crippen molar-refractivity contribution in [2.45, 2.75) is 21.7 Å². The van der Waals surface area contributed by atoms with Crippen molar-refractivity contribution in [1.29, 1.82) is 0 Å². The molecular weight excluding hydrogens is 302 g/mol.